The van der Waals surface area contributed by atoms with Crippen LogP contribution < -0.4 is 5.32 Å². The van der Waals surface area contributed by atoms with Crippen LogP contribution in [0.25, 0.3) is 0 Å². The Balaban J connectivity index is 2.47. The Morgan fingerprint density at radius 3 is 3.25 bits per heavy atom. The molecule has 0 aromatic rings. The Morgan fingerprint density at radius 2 is 2.67 bits per heavy atom. The molecule has 0 aliphatic carbocycles. The number of nitrogens with zero attached hydrogens (tertiary/aromatic N) is 1. The van der Waals surface area contributed by atoms with E-state index in [1.165, 1.54) is 6.20 Å². The van der Waals surface area contributed by atoms with Gasteiger partial charge in [0.25, 0.3) is 0 Å². The minimum atomic E-state index is -0.523. The van der Waals surface area contributed by atoms with Crippen LogP contribution >= 0.6 is 0 Å². The van der Waals surface area contributed by atoms with E-state index in [2.05, 4.69) is 15.2 Å². The zero-order chi connectivity index (χ0) is 8.81. The third-order valence-electron chi connectivity index (χ3n) is 1.28. The van der Waals surface area contributed by atoms with Crippen LogP contribution in [0, 0.1) is 0 Å². The van der Waals surface area contributed by atoms with Crippen LogP contribution in [0.3, 0.4) is 0 Å². The van der Waals surface area contributed by atoms with E-state index in [1.807, 2.05) is 0 Å². The minimum Gasteiger partial charge on any atom is -0.408 e. The van der Waals surface area contributed by atoms with Crippen molar-refractivity contribution in [1.29, 1.82) is 0 Å². The summed E-state index contributed by atoms with van der Waals surface area (Å²) in [7, 11) is 0. The highest BCUT2D eigenvalue weighted by Crippen LogP contribution is 2.06. The molecule has 0 radical (unpaired) electrons. The molecule has 1 aliphatic rings. The molecule has 0 saturated heterocycles. The largest absolute Gasteiger partial charge is 0.408 e. The van der Waals surface area contributed by atoms with E-state index in [4.69, 9.17) is 5.21 Å². The van der Waals surface area contributed by atoms with Gasteiger partial charge in [-0.1, -0.05) is 11.2 Å². The number of carbonyl (C=O) groups excluding carboxylic acids is 1. The Kier molecular flexibility index (Phi) is 2.89. The summed E-state index contributed by atoms with van der Waals surface area (Å²) in [6.45, 7) is 0. The molecule has 1 rings (SSSR count). The van der Waals surface area contributed by atoms with Gasteiger partial charge in [-0.3, -0.25) is 0 Å². The van der Waals surface area contributed by atoms with Crippen molar-refractivity contribution in [1.82, 2.24) is 5.32 Å². The summed E-state index contributed by atoms with van der Waals surface area (Å²) >= 11 is 0. The van der Waals surface area contributed by atoms with Crippen LogP contribution in [0.1, 0.15) is 6.42 Å². The number of hydrogen-bond acceptors (Lipinski definition) is 5. The average Bonchev–Trinajstić information content (AvgIpc) is 2.15. The molecule has 0 aromatic carbocycles. The lowest BCUT2D eigenvalue weighted by Gasteiger charge is -2.05. The molecule has 0 fully saturated rings. The first-order valence-corrected chi connectivity index (χ1v) is 3.31. The number of ether oxygens (including phenoxy) is 1. The number of rotatable bonds is 2. The standard InChI is InChI=1S/C7H8N2O3/c10-7(12-5-9-11)6-2-1-3-8-4-6/h1,3-5,8,11H,2H2. The molecular weight excluding hydrogens is 160 g/mol. The molecule has 0 aromatic heterocycles. The van der Waals surface area contributed by atoms with Crippen molar-refractivity contribution >= 4 is 12.4 Å². The molecule has 0 unspecified atom stereocenters. The SMILES string of the molecule is O=C(OC=NO)C1=CNC=CC1. The zero-order valence-electron chi connectivity index (χ0n) is 6.23. The van der Waals surface area contributed by atoms with E-state index in [0.29, 0.717) is 18.4 Å². The first kappa shape index (κ1) is 8.32. The number of allylic oxidation sites excluding steroid dienone is 1. The van der Waals surface area contributed by atoms with Crippen LogP contribution in [-0.2, 0) is 9.53 Å². The molecule has 0 spiro atoms. The molecule has 0 amide bonds. The molecule has 12 heavy (non-hydrogen) atoms. The van der Waals surface area contributed by atoms with Crippen LogP contribution in [0.5, 0.6) is 0 Å². The second-order valence-corrected chi connectivity index (χ2v) is 2.07. The molecule has 64 valence electrons. The normalized spacial score (nSPS) is 15.5. The summed E-state index contributed by atoms with van der Waals surface area (Å²) in [5.74, 6) is -0.523. The molecule has 0 bridgehead atoms. The minimum absolute atomic E-state index is 0.484. The summed E-state index contributed by atoms with van der Waals surface area (Å²) in [6, 6.07) is 0. The molecular formula is C7H8N2O3. The van der Waals surface area contributed by atoms with Crippen molar-refractivity contribution in [3.8, 4) is 0 Å². The third kappa shape index (κ3) is 2.12. The lowest BCUT2D eigenvalue weighted by Crippen LogP contribution is -2.11. The van der Waals surface area contributed by atoms with Gasteiger partial charge >= 0.3 is 5.97 Å². The second-order valence-electron chi connectivity index (χ2n) is 2.07. The van der Waals surface area contributed by atoms with Crippen LogP contribution in [0.4, 0.5) is 0 Å². The van der Waals surface area contributed by atoms with Gasteiger partial charge in [-0.25, -0.2) is 4.79 Å². The maximum absolute atomic E-state index is 11.0. The van der Waals surface area contributed by atoms with Gasteiger partial charge in [-0.2, -0.15) is 0 Å². The van der Waals surface area contributed by atoms with Gasteiger partial charge in [0, 0.05) is 12.6 Å². The molecule has 5 nitrogen and oxygen atoms in total. The van der Waals surface area contributed by atoms with Gasteiger partial charge < -0.3 is 15.3 Å². The number of esters is 1. The Morgan fingerprint density at radius 1 is 1.83 bits per heavy atom. The Hall–Kier alpha value is -1.78. The second kappa shape index (κ2) is 4.17. The molecule has 0 saturated carbocycles. The topological polar surface area (TPSA) is 70.9 Å². The Bertz CT molecular complexity index is 255. The van der Waals surface area contributed by atoms with E-state index in [0.717, 1.165) is 0 Å². The van der Waals surface area contributed by atoms with Crippen LogP contribution in [0.15, 0.2) is 29.2 Å². The number of oxime groups is 1. The number of nitrogens with one attached hydrogen (secondary N) is 1. The summed E-state index contributed by atoms with van der Waals surface area (Å²) < 4.78 is 4.41. The average molecular weight is 168 g/mol. The number of hydrogen-bond donors (Lipinski definition) is 2. The number of dihydropyridines is 1. The molecule has 5 heteroatoms. The van der Waals surface area contributed by atoms with E-state index in [9.17, 15) is 4.79 Å². The predicted molar refractivity (Wildman–Crippen MR) is 41.3 cm³/mol. The van der Waals surface area contributed by atoms with Crippen molar-refractivity contribution in [2.45, 2.75) is 6.42 Å². The maximum atomic E-state index is 11.0. The quantitative estimate of drug-likeness (QED) is 0.205. The monoisotopic (exact) mass is 168 g/mol. The van der Waals surface area contributed by atoms with Crippen molar-refractivity contribution < 1.29 is 14.7 Å². The Labute approximate surface area is 69.0 Å². The third-order valence-corrected chi connectivity index (χ3v) is 1.28. The highest BCUT2D eigenvalue weighted by molar-refractivity contribution is 5.93. The fraction of sp³-hybridized carbons (Fsp3) is 0.143. The van der Waals surface area contributed by atoms with Gasteiger partial charge in [-0.05, 0) is 6.20 Å². The summed E-state index contributed by atoms with van der Waals surface area (Å²) in [4.78, 5) is 11.0. The lowest BCUT2D eigenvalue weighted by molar-refractivity contribution is -0.131. The predicted octanol–water partition coefficient (Wildman–Crippen LogP) is 0.338. The fourth-order valence-corrected chi connectivity index (χ4v) is 0.751. The molecule has 2 N–H and O–H groups in total. The summed E-state index contributed by atoms with van der Waals surface area (Å²) in [6.07, 6.45) is 6.24. The van der Waals surface area contributed by atoms with Gasteiger partial charge in [-0.15, -0.1) is 0 Å². The van der Waals surface area contributed by atoms with Crippen LogP contribution in [-0.4, -0.2) is 17.6 Å². The van der Waals surface area contributed by atoms with E-state index in [-0.39, 0.29) is 0 Å². The van der Waals surface area contributed by atoms with Crippen molar-refractivity contribution in [3.05, 3.63) is 24.0 Å². The lowest BCUT2D eigenvalue weighted by atomic mass is 10.2. The summed E-state index contributed by atoms with van der Waals surface area (Å²) in [5, 5.41) is 13.2. The van der Waals surface area contributed by atoms with Gasteiger partial charge in [0.1, 0.15) is 0 Å². The van der Waals surface area contributed by atoms with E-state index >= 15 is 0 Å². The molecule has 1 aliphatic heterocycles. The highest BCUT2D eigenvalue weighted by Gasteiger charge is 2.09. The molecule has 0 atom stereocenters. The van der Waals surface area contributed by atoms with Crippen molar-refractivity contribution in [2.24, 2.45) is 5.16 Å². The molecule has 1 heterocycles. The fourth-order valence-electron chi connectivity index (χ4n) is 0.751. The van der Waals surface area contributed by atoms with Crippen LogP contribution in [0.2, 0.25) is 0 Å². The van der Waals surface area contributed by atoms with Gasteiger partial charge in [0.2, 0.25) is 6.40 Å². The summed E-state index contributed by atoms with van der Waals surface area (Å²) in [5.41, 5.74) is 0.484. The first-order chi connectivity index (χ1) is 5.84. The van der Waals surface area contributed by atoms with Crippen molar-refractivity contribution in [2.75, 3.05) is 0 Å². The van der Waals surface area contributed by atoms with Gasteiger partial charge in [0.15, 0.2) is 0 Å². The number of carbonyl (C=O) groups is 1. The van der Waals surface area contributed by atoms with E-state index < -0.39 is 5.97 Å². The first-order valence-electron chi connectivity index (χ1n) is 3.31. The maximum Gasteiger partial charge on any atom is 0.342 e. The highest BCUT2D eigenvalue weighted by atomic mass is 16.6. The van der Waals surface area contributed by atoms with E-state index in [1.54, 1.807) is 12.3 Å². The zero-order valence-corrected chi connectivity index (χ0v) is 6.23. The van der Waals surface area contributed by atoms with Gasteiger partial charge in [0.05, 0.1) is 5.57 Å². The van der Waals surface area contributed by atoms with Crippen molar-refractivity contribution in [3.63, 3.8) is 0 Å². The smallest absolute Gasteiger partial charge is 0.342 e.